The van der Waals surface area contributed by atoms with Gasteiger partial charge in [0.1, 0.15) is 0 Å². The van der Waals surface area contributed by atoms with Crippen LogP contribution in [0, 0.1) is 17.8 Å². The molecule has 6 rings (SSSR count). The molecule has 0 spiro atoms. The van der Waals surface area contributed by atoms with Gasteiger partial charge in [0.2, 0.25) is 0 Å². The van der Waals surface area contributed by atoms with Gasteiger partial charge in [-0.25, -0.2) is 4.79 Å². The minimum absolute atomic E-state index is 0.0541. The molecule has 1 saturated carbocycles. The standard InChI is InChI=1S/C32H35N3O4S/c1-32(2,3)23-8-6-22(7-9-23)30(36)34-18-25-26(19-34)27(25)20-35(31(37)39-29-5-4-16-40-29)24-10-11-28(33-17-24)21-12-14-38-15-13-21/h4-12,16-17,25-27H,13-15,18-20H2,1-3H3. The molecule has 1 saturated heterocycles. The molecule has 8 heteroatoms. The number of hydrogen-bond acceptors (Lipinski definition) is 6. The Kier molecular flexibility index (Phi) is 7.23. The maximum absolute atomic E-state index is 13.3. The number of hydrogen-bond donors (Lipinski definition) is 0. The molecule has 2 amide bonds. The summed E-state index contributed by atoms with van der Waals surface area (Å²) in [5.74, 6) is 1.17. The van der Waals surface area contributed by atoms with Gasteiger partial charge in [0, 0.05) is 25.2 Å². The fourth-order valence-electron chi connectivity index (χ4n) is 5.84. The van der Waals surface area contributed by atoms with Crippen molar-refractivity contribution in [3.05, 3.63) is 83.0 Å². The molecule has 40 heavy (non-hydrogen) atoms. The first-order chi connectivity index (χ1) is 19.3. The zero-order valence-corrected chi connectivity index (χ0v) is 24.0. The molecule has 0 radical (unpaired) electrons. The number of anilines is 1. The number of aromatic nitrogens is 1. The smallest absolute Gasteiger partial charge is 0.399 e. The third kappa shape index (κ3) is 5.56. The molecule has 2 aromatic heterocycles. The summed E-state index contributed by atoms with van der Waals surface area (Å²) in [6, 6.07) is 15.6. The molecular formula is C32H35N3O4S. The number of rotatable bonds is 6. The number of ether oxygens (including phenoxy) is 2. The predicted molar refractivity (Wildman–Crippen MR) is 157 cm³/mol. The van der Waals surface area contributed by atoms with Gasteiger partial charge in [-0.15, -0.1) is 11.3 Å². The number of likely N-dealkylation sites (tertiary alicyclic amines) is 1. The van der Waals surface area contributed by atoms with Crippen molar-refractivity contribution in [3.63, 3.8) is 0 Å². The summed E-state index contributed by atoms with van der Waals surface area (Å²) in [5.41, 5.74) is 4.80. The lowest BCUT2D eigenvalue weighted by atomic mass is 9.86. The van der Waals surface area contributed by atoms with Gasteiger partial charge in [-0.1, -0.05) is 39.0 Å². The van der Waals surface area contributed by atoms with Crippen molar-refractivity contribution in [2.45, 2.75) is 32.6 Å². The van der Waals surface area contributed by atoms with Gasteiger partial charge < -0.3 is 14.4 Å². The van der Waals surface area contributed by atoms with Crippen LogP contribution in [-0.4, -0.2) is 54.7 Å². The Morgan fingerprint density at radius 3 is 2.48 bits per heavy atom. The second kappa shape index (κ2) is 10.8. The predicted octanol–water partition coefficient (Wildman–Crippen LogP) is 6.27. The molecule has 208 valence electrons. The van der Waals surface area contributed by atoms with Gasteiger partial charge in [0.25, 0.3) is 5.91 Å². The van der Waals surface area contributed by atoms with E-state index in [1.54, 1.807) is 17.2 Å². The Labute approximate surface area is 239 Å². The maximum atomic E-state index is 13.3. The minimum Gasteiger partial charge on any atom is -0.399 e. The average molecular weight is 558 g/mol. The zero-order chi connectivity index (χ0) is 27.9. The first-order valence-corrected chi connectivity index (χ1v) is 14.8. The Morgan fingerprint density at radius 2 is 1.88 bits per heavy atom. The number of fused-ring (bicyclic) bond motifs is 1. The lowest BCUT2D eigenvalue weighted by Crippen LogP contribution is -2.38. The topological polar surface area (TPSA) is 72.0 Å². The summed E-state index contributed by atoms with van der Waals surface area (Å²) in [4.78, 5) is 34.9. The lowest BCUT2D eigenvalue weighted by Gasteiger charge is -2.25. The highest BCUT2D eigenvalue weighted by Crippen LogP contribution is 2.52. The molecule has 2 aliphatic heterocycles. The Balaban J connectivity index is 1.13. The third-order valence-electron chi connectivity index (χ3n) is 8.31. The van der Waals surface area contributed by atoms with E-state index in [2.05, 4.69) is 44.0 Å². The van der Waals surface area contributed by atoms with Crippen molar-refractivity contribution in [2.24, 2.45) is 17.8 Å². The number of thiophene rings is 1. The normalized spacial score (nSPS) is 21.9. The van der Waals surface area contributed by atoms with Crippen LogP contribution < -0.4 is 9.64 Å². The molecule has 0 N–H and O–H groups in total. The summed E-state index contributed by atoms with van der Waals surface area (Å²) in [5, 5.41) is 2.45. The van der Waals surface area contributed by atoms with E-state index >= 15 is 0 Å². The van der Waals surface area contributed by atoms with E-state index in [0.29, 0.717) is 42.6 Å². The second-order valence-electron chi connectivity index (χ2n) is 11.9. The molecule has 3 aliphatic rings. The summed E-state index contributed by atoms with van der Waals surface area (Å²) >= 11 is 1.39. The zero-order valence-electron chi connectivity index (χ0n) is 23.2. The molecular weight excluding hydrogens is 522 g/mol. The third-order valence-corrected chi connectivity index (χ3v) is 9.05. The number of pyridine rings is 1. The fourth-order valence-corrected chi connectivity index (χ4v) is 6.40. The van der Waals surface area contributed by atoms with E-state index in [-0.39, 0.29) is 11.3 Å². The van der Waals surface area contributed by atoms with Crippen molar-refractivity contribution in [2.75, 3.05) is 37.7 Å². The van der Waals surface area contributed by atoms with E-state index < -0.39 is 6.09 Å². The number of benzene rings is 1. The molecule has 2 fully saturated rings. The molecule has 1 aromatic carbocycles. The number of carbonyl (C=O) groups is 2. The molecule has 2 atom stereocenters. The van der Waals surface area contributed by atoms with Crippen LogP contribution in [0.3, 0.4) is 0 Å². The van der Waals surface area contributed by atoms with Crippen LogP contribution in [0.4, 0.5) is 10.5 Å². The molecule has 7 nitrogen and oxygen atoms in total. The number of amides is 2. The first kappa shape index (κ1) is 26.7. The van der Waals surface area contributed by atoms with E-state index in [9.17, 15) is 9.59 Å². The van der Waals surface area contributed by atoms with Crippen LogP contribution in [-0.2, 0) is 10.2 Å². The first-order valence-electron chi connectivity index (χ1n) is 13.9. The van der Waals surface area contributed by atoms with E-state index in [4.69, 9.17) is 9.47 Å². The Hall–Kier alpha value is -3.49. The van der Waals surface area contributed by atoms with Crippen molar-refractivity contribution >= 4 is 34.6 Å². The van der Waals surface area contributed by atoms with Crippen molar-refractivity contribution in [1.82, 2.24) is 9.88 Å². The Morgan fingerprint density at radius 1 is 1.10 bits per heavy atom. The summed E-state index contributed by atoms with van der Waals surface area (Å²) in [6.45, 7) is 9.79. The van der Waals surface area contributed by atoms with Gasteiger partial charge in [0.15, 0.2) is 5.06 Å². The number of nitrogens with zero attached hydrogens (tertiary/aromatic N) is 3. The van der Waals surface area contributed by atoms with E-state index in [1.807, 2.05) is 40.6 Å². The highest BCUT2D eigenvalue weighted by molar-refractivity contribution is 7.11. The highest BCUT2D eigenvalue weighted by Gasteiger charge is 2.57. The average Bonchev–Trinajstić information content (AvgIpc) is 3.32. The maximum Gasteiger partial charge on any atom is 0.420 e. The van der Waals surface area contributed by atoms with Gasteiger partial charge in [0.05, 0.1) is 30.8 Å². The van der Waals surface area contributed by atoms with Crippen LogP contribution >= 0.6 is 11.3 Å². The quantitative estimate of drug-likeness (QED) is 0.357. The lowest BCUT2D eigenvalue weighted by molar-refractivity contribution is 0.0768. The summed E-state index contributed by atoms with van der Waals surface area (Å²) in [7, 11) is 0. The van der Waals surface area contributed by atoms with E-state index in [1.165, 1.54) is 22.5 Å². The van der Waals surface area contributed by atoms with Gasteiger partial charge in [-0.05, 0) is 82.5 Å². The molecule has 3 aromatic rings. The van der Waals surface area contributed by atoms with Crippen LogP contribution in [0.15, 0.2) is 66.2 Å². The van der Waals surface area contributed by atoms with Crippen LogP contribution in [0.5, 0.6) is 5.06 Å². The monoisotopic (exact) mass is 557 g/mol. The summed E-state index contributed by atoms with van der Waals surface area (Å²) < 4.78 is 11.1. The highest BCUT2D eigenvalue weighted by atomic mass is 32.1. The van der Waals surface area contributed by atoms with Crippen LogP contribution in [0.1, 0.15) is 48.8 Å². The number of piperidine rings is 1. The largest absolute Gasteiger partial charge is 0.420 e. The fraction of sp³-hybridized carbons (Fsp3) is 0.406. The number of carbonyl (C=O) groups excluding carboxylic acids is 2. The van der Waals surface area contributed by atoms with Crippen LogP contribution in [0.25, 0.3) is 5.57 Å². The van der Waals surface area contributed by atoms with Crippen molar-refractivity contribution in [1.29, 1.82) is 0 Å². The molecule has 4 heterocycles. The van der Waals surface area contributed by atoms with Crippen molar-refractivity contribution < 1.29 is 19.1 Å². The Bertz CT molecular complexity index is 1380. The minimum atomic E-state index is -0.404. The SMILES string of the molecule is CC(C)(C)c1ccc(C(=O)N2CC3C(C2)C3CN(C(=O)Oc2cccs2)c2ccc(C3=CCOCC3)nc2)cc1. The van der Waals surface area contributed by atoms with Crippen molar-refractivity contribution in [3.8, 4) is 5.06 Å². The molecule has 1 aliphatic carbocycles. The van der Waals surface area contributed by atoms with Gasteiger partial charge in [-0.3, -0.25) is 14.7 Å². The van der Waals surface area contributed by atoms with Gasteiger partial charge >= 0.3 is 6.09 Å². The molecule has 2 unspecified atom stereocenters. The molecule has 0 bridgehead atoms. The second-order valence-corrected chi connectivity index (χ2v) is 12.8. The van der Waals surface area contributed by atoms with Gasteiger partial charge in [-0.2, -0.15) is 0 Å². The van der Waals surface area contributed by atoms with Crippen LogP contribution in [0.2, 0.25) is 0 Å². The van der Waals surface area contributed by atoms with E-state index in [0.717, 1.165) is 36.5 Å². The summed E-state index contributed by atoms with van der Waals surface area (Å²) in [6.07, 6.45) is 4.25.